The molecule has 0 unspecified atom stereocenters. The fourth-order valence-electron chi connectivity index (χ4n) is 3.07. The van der Waals surface area contributed by atoms with Gasteiger partial charge in [-0.15, -0.1) is 0 Å². The van der Waals surface area contributed by atoms with Crippen molar-refractivity contribution in [1.29, 1.82) is 0 Å². The number of amides is 1. The molecule has 0 aliphatic heterocycles. The maximum absolute atomic E-state index is 13.0. The molecule has 0 spiro atoms. The van der Waals surface area contributed by atoms with Gasteiger partial charge < -0.3 is 14.8 Å². The molecule has 0 saturated carbocycles. The molecule has 0 fully saturated rings. The van der Waals surface area contributed by atoms with E-state index in [2.05, 4.69) is 10.4 Å². The second-order valence-corrected chi connectivity index (χ2v) is 6.66. The van der Waals surface area contributed by atoms with Crippen LogP contribution in [0.3, 0.4) is 0 Å². The van der Waals surface area contributed by atoms with Crippen molar-refractivity contribution in [3.05, 3.63) is 64.9 Å². The van der Waals surface area contributed by atoms with Crippen molar-refractivity contribution >= 4 is 23.2 Å². The first kappa shape index (κ1) is 20.7. The van der Waals surface area contributed by atoms with Crippen LogP contribution in [0, 0.1) is 0 Å². The second kappa shape index (κ2) is 9.47. The summed E-state index contributed by atoms with van der Waals surface area (Å²) in [7, 11) is 0. The number of hydrogen-bond donors (Lipinski definition) is 1. The highest BCUT2D eigenvalue weighted by Crippen LogP contribution is 2.30. The Labute approximate surface area is 175 Å². The zero-order valence-electron chi connectivity index (χ0n) is 16.7. The molecule has 3 aromatic rings. The maximum atomic E-state index is 13.0. The lowest BCUT2D eigenvalue weighted by Gasteiger charge is -2.14. The van der Waals surface area contributed by atoms with Gasteiger partial charge in [-0.3, -0.25) is 4.79 Å². The highest BCUT2D eigenvalue weighted by Gasteiger charge is 2.19. The Kier molecular flexibility index (Phi) is 6.77. The number of halogens is 1. The Morgan fingerprint density at radius 3 is 2.59 bits per heavy atom. The number of benzene rings is 2. The van der Waals surface area contributed by atoms with Crippen molar-refractivity contribution in [3.63, 3.8) is 0 Å². The van der Waals surface area contributed by atoms with Crippen LogP contribution < -0.4 is 14.8 Å². The molecule has 2 aromatic carbocycles. The largest absolute Gasteiger partial charge is 0.494 e. The third-order valence-electron chi connectivity index (χ3n) is 4.31. The molecule has 1 aromatic heterocycles. The van der Waals surface area contributed by atoms with Crippen molar-refractivity contribution < 1.29 is 14.3 Å². The molecule has 0 radical (unpaired) electrons. The number of anilines is 1. The van der Waals surface area contributed by atoms with Crippen molar-refractivity contribution in [2.24, 2.45) is 0 Å². The van der Waals surface area contributed by atoms with Crippen LogP contribution in [0.1, 0.15) is 36.8 Å². The fourth-order valence-corrected chi connectivity index (χ4v) is 3.25. The first-order chi connectivity index (χ1) is 14.1. The van der Waals surface area contributed by atoms with E-state index in [9.17, 15) is 4.79 Å². The van der Waals surface area contributed by atoms with E-state index in [4.69, 9.17) is 21.1 Å². The predicted octanol–water partition coefficient (Wildman–Crippen LogP) is 5.14. The Hall–Kier alpha value is -2.99. The summed E-state index contributed by atoms with van der Waals surface area (Å²) in [6.45, 7) is 6.81. The van der Waals surface area contributed by atoms with Crippen LogP contribution in [0.4, 0.5) is 5.69 Å². The molecule has 29 heavy (non-hydrogen) atoms. The van der Waals surface area contributed by atoms with Gasteiger partial charge in [0.2, 0.25) is 0 Å². The van der Waals surface area contributed by atoms with Crippen molar-refractivity contribution in [3.8, 4) is 17.2 Å². The van der Waals surface area contributed by atoms with E-state index >= 15 is 0 Å². The quantitative estimate of drug-likeness (QED) is 0.555. The average Bonchev–Trinajstić information content (AvgIpc) is 3.14. The number of aromatic nitrogens is 2. The lowest BCUT2D eigenvalue weighted by molar-refractivity contribution is 0.102. The molecular formula is C22H24ClN3O3. The highest BCUT2D eigenvalue weighted by molar-refractivity contribution is 6.30. The van der Waals surface area contributed by atoms with E-state index in [0.29, 0.717) is 47.4 Å². The minimum absolute atomic E-state index is 0.260. The topological polar surface area (TPSA) is 65.4 Å². The van der Waals surface area contributed by atoms with Gasteiger partial charge in [-0.05, 0) is 50.6 Å². The molecule has 152 valence electrons. The third kappa shape index (κ3) is 4.71. The summed E-state index contributed by atoms with van der Waals surface area (Å²) in [6, 6.07) is 12.7. The van der Waals surface area contributed by atoms with Crippen LogP contribution in [0.2, 0.25) is 5.02 Å². The van der Waals surface area contributed by atoms with Crippen molar-refractivity contribution in [1.82, 2.24) is 9.78 Å². The van der Waals surface area contributed by atoms with Gasteiger partial charge in [-0.1, -0.05) is 24.6 Å². The normalized spacial score (nSPS) is 10.6. The van der Waals surface area contributed by atoms with Crippen LogP contribution in [0.25, 0.3) is 5.69 Å². The van der Waals surface area contributed by atoms with E-state index in [1.807, 2.05) is 45.0 Å². The Balaban J connectivity index is 1.93. The molecule has 0 saturated heterocycles. The van der Waals surface area contributed by atoms with Gasteiger partial charge in [0.05, 0.1) is 42.0 Å². The molecular weight excluding hydrogens is 390 g/mol. The Morgan fingerprint density at radius 2 is 1.90 bits per heavy atom. The SMILES string of the molecule is CCOc1ccc(OCC)c(NC(=O)c2cnn(-c3cccc(Cl)c3)c2CC)c1. The summed E-state index contributed by atoms with van der Waals surface area (Å²) >= 11 is 6.11. The van der Waals surface area contributed by atoms with Crippen LogP contribution in [-0.4, -0.2) is 28.9 Å². The number of hydrogen-bond acceptors (Lipinski definition) is 4. The van der Waals surface area contributed by atoms with Gasteiger partial charge in [0.15, 0.2) is 0 Å². The Bertz CT molecular complexity index is 1000. The maximum Gasteiger partial charge on any atom is 0.259 e. The summed E-state index contributed by atoms with van der Waals surface area (Å²) < 4.78 is 12.9. The summed E-state index contributed by atoms with van der Waals surface area (Å²) in [5.74, 6) is 0.992. The summed E-state index contributed by atoms with van der Waals surface area (Å²) in [5, 5.41) is 7.96. The lowest BCUT2D eigenvalue weighted by Crippen LogP contribution is -2.15. The molecule has 0 aliphatic carbocycles. The Morgan fingerprint density at radius 1 is 1.10 bits per heavy atom. The first-order valence-electron chi connectivity index (χ1n) is 9.61. The van der Waals surface area contributed by atoms with E-state index in [0.717, 1.165) is 11.4 Å². The zero-order valence-corrected chi connectivity index (χ0v) is 17.5. The minimum Gasteiger partial charge on any atom is -0.494 e. The van der Waals surface area contributed by atoms with Gasteiger partial charge in [-0.25, -0.2) is 4.68 Å². The molecule has 0 bridgehead atoms. The zero-order chi connectivity index (χ0) is 20.8. The third-order valence-corrected chi connectivity index (χ3v) is 4.55. The number of carbonyl (C=O) groups is 1. The summed E-state index contributed by atoms with van der Waals surface area (Å²) in [6.07, 6.45) is 2.20. The molecule has 0 atom stereocenters. The van der Waals surface area contributed by atoms with Crippen molar-refractivity contribution in [2.75, 3.05) is 18.5 Å². The molecule has 1 amide bonds. The van der Waals surface area contributed by atoms with E-state index in [-0.39, 0.29) is 5.91 Å². The summed E-state index contributed by atoms with van der Waals surface area (Å²) in [4.78, 5) is 13.0. The van der Waals surface area contributed by atoms with Crippen LogP contribution in [0.15, 0.2) is 48.7 Å². The van der Waals surface area contributed by atoms with Gasteiger partial charge in [0, 0.05) is 11.1 Å². The monoisotopic (exact) mass is 413 g/mol. The molecule has 3 rings (SSSR count). The number of rotatable bonds is 8. The van der Waals surface area contributed by atoms with E-state index in [1.54, 1.807) is 29.1 Å². The number of nitrogens with one attached hydrogen (secondary N) is 1. The molecule has 1 heterocycles. The van der Waals surface area contributed by atoms with Gasteiger partial charge in [0.25, 0.3) is 5.91 Å². The summed E-state index contributed by atoms with van der Waals surface area (Å²) in [5.41, 5.74) is 2.66. The van der Waals surface area contributed by atoms with Crippen LogP contribution in [-0.2, 0) is 6.42 Å². The standard InChI is InChI=1S/C22H24ClN3O3/c1-4-20-18(14-24-26(20)16-9-7-8-15(23)12-16)22(27)25-19-13-17(28-5-2)10-11-21(19)29-6-3/h7-14H,4-6H2,1-3H3,(H,25,27). The number of nitrogens with zero attached hydrogens (tertiary/aromatic N) is 2. The average molecular weight is 414 g/mol. The van der Waals surface area contributed by atoms with Gasteiger partial charge in [-0.2, -0.15) is 5.10 Å². The molecule has 7 heteroatoms. The smallest absolute Gasteiger partial charge is 0.259 e. The van der Waals surface area contributed by atoms with Crippen LogP contribution >= 0.6 is 11.6 Å². The molecule has 1 N–H and O–H groups in total. The van der Waals surface area contributed by atoms with Gasteiger partial charge >= 0.3 is 0 Å². The van der Waals surface area contributed by atoms with E-state index < -0.39 is 0 Å². The van der Waals surface area contributed by atoms with E-state index in [1.165, 1.54) is 0 Å². The number of carbonyl (C=O) groups excluding carboxylic acids is 1. The lowest BCUT2D eigenvalue weighted by atomic mass is 10.1. The fraction of sp³-hybridized carbons (Fsp3) is 0.273. The van der Waals surface area contributed by atoms with Crippen molar-refractivity contribution in [2.45, 2.75) is 27.2 Å². The second-order valence-electron chi connectivity index (χ2n) is 6.23. The number of ether oxygens (including phenoxy) is 2. The molecule has 6 nitrogen and oxygen atoms in total. The minimum atomic E-state index is -0.260. The van der Waals surface area contributed by atoms with Crippen LogP contribution in [0.5, 0.6) is 11.5 Å². The van der Waals surface area contributed by atoms with Gasteiger partial charge in [0.1, 0.15) is 11.5 Å². The molecule has 0 aliphatic rings. The predicted molar refractivity (Wildman–Crippen MR) is 115 cm³/mol. The first-order valence-corrected chi connectivity index (χ1v) is 9.99. The highest BCUT2D eigenvalue weighted by atomic mass is 35.5.